The molecule has 2 rings (SSSR count). The number of ether oxygens (including phenoxy) is 1. The fourth-order valence-corrected chi connectivity index (χ4v) is 2.37. The molecule has 1 N–H and O–H groups in total. The van der Waals surface area contributed by atoms with E-state index >= 15 is 0 Å². The molecule has 1 heterocycles. The molecule has 88 valence electrons. The number of benzene rings is 1. The van der Waals surface area contributed by atoms with Crippen LogP contribution in [0.5, 0.6) is 0 Å². The van der Waals surface area contributed by atoms with Crippen LogP contribution in [0.4, 0.5) is 0 Å². The quantitative estimate of drug-likeness (QED) is 0.861. The summed E-state index contributed by atoms with van der Waals surface area (Å²) in [5.74, 6) is 0.201. The maximum Gasteiger partial charge on any atom is 0.0875 e. The van der Waals surface area contributed by atoms with Gasteiger partial charge in [0.1, 0.15) is 0 Å². The lowest BCUT2D eigenvalue weighted by Gasteiger charge is -2.31. The number of aliphatic hydroxyl groups is 1. The van der Waals surface area contributed by atoms with Crippen molar-refractivity contribution in [2.75, 3.05) is 13.2 Å². The van der Waals surface area contributed by atoms with E-state index in [1.807, 2.05) is 25.1 Å². The van der Waals surface area contributed by atoms with Crippen LogP contribution in [0.25, 0.3) is 0 Å². The molecule has 0 saturated carbocycles. The molecule has 16 heavy (non-hydrogen) atoms. The first-order valence-electron chi connectivity index (χ1n) is 5.71. The van der Waals surface area contributed by atoms with Crippen molar-refractivity contribution >= 4 is 11.6 Å². The lowest BCUT2D eigenvalue weighted by molar-refractivity contribution is -0.0457. The summed E-state index contributed by atoms with van der Waals surface area (Å²) in [7, 11) is 0. The lowest BCUT2D eigenvalue weighted by Crippen LogP contribution is -2.25. The van der Waals surface area contributed by atoms with Crippen LogP contribution in [-0.4, -0.2) is 18.3 Å². The highest BCUT2D eigenvalue weighted by Gasteiger charge is 2.26. The van der Waals surface area contributed by atoms with E-state index in [0.29, 0.717) is 0 Å². The van der Waals surface area contributed by atoms with Gasteiger partial charge in [-0.2, -0.15) is 0 Å². The molecule has 1 saturated heterocycles. The minimum Gasteiger partial charge on any atom is -0.396 e. The second kappa shape index (κ2) is 5.17. The fraction of sp³-hybridized carbons (Fsp3) is 0.538. The van der Waals surface area contributed by atoms with Gasteiger partial charge >= 0.3 is 0 Å². The average molecular weight is 241 g/mol. The van der Waals surface area contributed by atoms with E-state index in [1.54, 1.807) is 0 Å². The molecule has 2 nitrogen and oxygen atoms in total. The number of hydrogen-bond acceptors (Lipinski definition) is 2. The maximum absolute atomic E-state index is 9.33. The first kappa shape index (κ1) is 11.9. The van der Waals surface area contributed by atoms with Crippen molar-refractivity contribution in [2.24, 2.45) is 5.92 Å². The Morgan fingerprint density at radius 2 is 2.31 bits per heavy atom. The molecular formula is C13H17ClO2. The van der Waals surface area contributed by atoms with Crippen LogP contribution in [0, 0.1) is 12.8 Å². The predicted molar refractivity (Wildman–Crippen MR) is 64.7 cm³/mol. The van der Waals surface area contributed by atoms with E-state index in [2.05, 4.69) is 0 Å². The molecule has 1 fully saturated rings. The molecule has 3 heteroatoms. The third-order valence-electron chi connectivity index (χ3n) is 3.20. The van der Waals surface area contributed by atoms with Gasteiger partial charge in [0.15, 0.2) is 0 Å². The minimum atomic E-state index is -0.00292. The van der Waals surface area contributed by atoms with Gasteiger partial charge in [-0.05, 0) is 37.0 Å². The highest BCUT2D eigenvalue weighted by Crippen LogP contribution is 2.34. The summed E-state index contributed by atoms with van der Waals surface area (Å²) in [6.07, 6.45) is 2.05. The summed E-state index contributed by atoms with van der Waals surface area (Å²) in [5, 5.41) is 10.1. The van der Waals surface area contributed by atoms with Crippen molar-refractivity contribution in [3.05, 3.63) is 34.3 Å². The molecule has 0 bridgehead atoms. The number of halogens is 1. The van der Waals surface area contributed by atoms with E-state index in [1.165, 1.54) is 0 Å². The van der Waals surface area contributed by atoms with Gasteiger partial charge in [0.25, 0.3) is 0 Å². The maximum atomic E-state index is 9.33. The van der Waals surface area contributed by atoms with E-state index in [-0.39, 0.29) is 18.6 Å². The Morgan fingerprint density at radius 3 is 3.00 bits per heavy atom. The standard InChI is InChI=1S/C13H17ClO2/c1-9-4-5-10(7-12(9)14)13-11(8-15)3-2-6-16-13/h4-5,7,11,13,15H,2-3,6,8H2,1H3. The number of rotatable bonds is 2. The summed E-state index contributed by atoms with van der Waals surface area (Å²) in [6, 6.07) is 6.00. The zero-order valence-electron chi connectivity index (χ0n) is 9.45. The number of aliphatic hydroxyl groups excluding tert-OH is 1. The van der Waals surface area contributed by atoms with Crippen LogP contribution in [-0.2, 0) is 4.74 Å². The van der Waals surface area contributed by atoms with Crippen LogP contribution in [0.2, 0.25) is 5.02 Å². The third-order valence-corrected chi connectivity index (χ3v) is 3.61. The second-order valence-electron chi connectivity index (χ2n) is 4.38. The molecule has 1 aromatic carbocycles. The van der Waals surface area contributed by atoms with Gasteiger partial charge in [0, 0.05) is 24.2 Å². The summed E-state index contributed by atoms with van der Waals surface area (Å²) in [6.45, 7) is 2.93. The highest BCUT2D eigenvalue weighted by atomic mass is 35.5. The molecule has 0 spiro atoms. The largest absolute Gasteiger partial charge is 0.396 e. The van der Waals surface area contributed by atoms with E-state index in [0.717, 1.165) is 35.6 Å². The third kappa shape index (κ3) is 2.40. The number of aryl methyl sites for hydroxylation is 1. The van der Waals surface area contributed by atoms with Crippen LogP contribution in [0.15, 0.2) is 18.2 Å². The Labute approximate surface area is 101 Å². The highest BCUT2D eigenvalue weighted by molar-refractivity contribution is 6.31. The zero-order valence-corrected chi connectivity index (χ0v) is 10.2. The van der Waals surface area contributed by atoms with Gasteiger partial charge in [0.2, 0.25) is 0 Å². The van der Waals surface area contributed by atoms with Crippen molar-refractivity contribution in [2.45, 2.75) is 25.9 Å². The fourth-order valence-electron chi connectivity index (χ4n) is 2.18. The summed E-state index contributed by atoms with van der Waals surface area (Å²) < 4.78 is 5.74. The van der Waals surface area contributed by atoms with E-state index < -0.39 is 0 Å². The molecular weight excluding hydrogens is 224 g/mol. The molecule has 0 amide bonds. The Morgan fingerprint density at radius 1 is 1.50 bits per heavy atom. The van der Waals surface area contributed by atoms with Crippen molar-refractivity contribution in [1.29, 1.82) is 0 Å². The summed E-state index contributed by atoms with van der Waals surface area (Å²) >= 11 is 6.11. The minimum absolute atomic E-state index is 0.00292. The molecule has 2 atom stereocenters. The first-order chi connectivity index (χ1) is 7.72. The van der Waals surface area contributed by atoms with E-state index in [9.17, 15) is 5.11 Å². The van der Waals surface area contributed by atoms with Gasteiger partial charge in [-0.15, -0.1) is 0 Å². The molecule has 1 aromatic rings. The average Bonchev–Trinajstić information content (AvgIpc) is 2.32. The first-order valence-corrected chi connectivity index (χ1v) is 6.08. The van der Waals surface area contributed by atoms with Crippen molar-refractivity contribution in [1.82, 2.24) is 0 Å². The molecule has 0 radical (unpaired) electrons. The van der Waals surface area contributed by atoms with Crippen molar-refractivity contribution in [3.63, 3.8) is 0 Å². The second-order valence-corrected chi connectivity index (χ2v) is 4.79. The molecule has 0 aromatic heterocycles. The SMILES string of the molecule is Cc1ccc(C2OCCCC2CO)cc1Cl. The summed E-state index contributed by atoms with van der Waals surface area (Å²) in [5.41, 5.74) is 2.15. The van der Waals surface area contributed by atoms with Crippen LogP contribution < -0.4 is 0 Å². The Hall–Kier alpha value is -0.570. The van der Waals surface area contributed by atoms with Gasteiger partial charge in [0.05, 0.1) is 6.10 Å². The summed E-state index contributed by atoms with van der Waals surface area (Å²) in [4.78, 5) is 0. The lowest BCUT2D eigenvalue weighted by atomic mass is 9.90. The topological polar surface area (TPSA) is 29.5 Å². The smallest absolute Gasteiger partial charge is 0.0875 e. The van der Waals surface area contributed by atoms with Gasteiger partial charge < -0.3 is 9.84 Å². The number of hydrogen-bond donors (Lipinski definition) is 1. The molecule has 0 aliphatic carbocycles. The van der Waals surface area contributed by atoms with Crippen LogP contribution >= 0.6 is 11.6 Å². The molecule has 1 aliphatic rings. The normalized spacial score (nSPS) is 25.7. The predicted octanol–water partition coefficient (Wildman–Crippen LogP) is 3.11. The zero-order chi connectivity index (χ0) is 11.5. The molecule has 1 aliphatic heterocycles. The van der Waals surface area contributed by atoms with Gasteiger partial charge in [-0.1, -0.05) is 23.7 Å². The Balaban J connectivity index is 2.23. The van der Waals surface area contributed by atoms with Crippen LogP contribution in [0.3, 0.4) is 0 Å². The van der Waals surface area contributed by atoms with Crippen molar-refractivity contribution in [3.8, 4) is 0 Å². The molecule has 2 unspecified atom stereocenters. The van der Waals surface area contributed by atoms with Crippen molar-refractivity contribution < 1.29 is 9.84 Å². The monoisotopic (exact) mass is 240 g/mol. The van der Waals surface area contributed by atoms with Gasteiger partial charge in [-0.25, -0.2) is 0 Å². The Bertz CT molecular complexity index is 365. The van der Waals surface area contributed by atoms with Gasteiger partial charge in [-0.3, -0.25) is 0 Å². The van der Waals surface area contributed by atoms with Crippen LogP contribution in [0.1, 0.15) is 30.1 Å². The Kier molecular flexibility index (Phi) is 3.85. The van der Waals surface area contributed by atoms with E-state index in [4.69, 9.17) is 16.3 Å².